The van der Waals surface area contributed by atoms with Gasteiger partial charge in [0.05, 0.1) is 6.10 Å². The number of unbranched alkanes of at least 4 members (excludes halogenated alkanes) is 2. The third kappa shape index (κ3) is 4.84. The van der Waals surface area contributed by atoms with E-state index in [1.165, 1.54) is 12.1 Å². The van der Waals surface area contributed by atoms with E-state index in [1.807, 2.05) is 13.8 Å². The summed E-state index contributed by atoms with van der Waals surface area (Å²) < 4.78 is 26.8. The van der Waals surface area contributed by atoms with Crippen molar-refractivity contribution in [3.05, 3.63) is 35.4 Å². The molecule has 0 spiro atoms. The lowest BCUT2D eigenvalue weighted by molar-refractivity contribution is 0.0912. The van der Waals surface area contributed by atoms with Crippen LogP contribution in [0.5, 0.6) is 0 Å². The zero-order valence-corrected chi connectivity index (χ0v) is 12.6. The first-order valence-electron chi connectivity index (χ1n) is 7.33. The Morgan fingerprint density at radius 2 is 1.90 bits per heavy atom. The van der Waals surface area contributed by atoms with E-state index in [2.05, 4.69) is 11.8 Å². The Balaban J connectivity index is 2.70. The molecule has 20 heavy (non-hydrogen) atoms. The molecule has 1 aromatic carbocycles. The fourth-order valence-electron chi connectivity index (χ4n) is 2.22. The van der Waals surface area contributed by atoms with Crippen LogP contribution in [0.1, 0.15) is 51.7 Å². The maximum absolute atomic E-state index is 13.7. The Kier molecular flexibility index (Phi) is 7.10. The van der Waals surface area contributed by atoms with E-state index in [0.29, 0.717) is 6.54 Å². The molecule has 2 nitrogen and oxygen atoms in total. The topological polar surface area (TPSA) is 23.5 Å². The summed E-state index contributed by atoms with van der Waals surface area (Å²) in [4.78, 5) is 2.10. The van der Waals surface area contributed by atoms with Crippen LogP contribution in [0.25, 0.3) is 0 Å². The fraction of sp³-hybridized carbons (Fsp3) is 0.625. The molecule has 1 rings (SSSR count). The maximum Gasteiger partial charge on any atom is 0.164 e. The Morgan fingerprint density at radius 1 is 1.20 bits per heavy atom. The van der Waals surface area contributed by atoms with Crippen molar-refractivity contribution in [3.8, 4) is 0 Å². The van der Waals surface area contributed by atoms with Crippen LogP contribution in [0.2, 0.25) is 0 Å². The number of benzene rings is 1. The third-order valence-corrected chi connectivity index (χ3v) is 3.53. The van der Waals surface area contributed by atoms with Gasteiger partial charge in [0.2, 0.25) is 0 Å². The van der Waals surface area contributed by atoms with Crippen molar-refractivity contribution < 1.29 is 13.9 Å². The lowest BCUT2D eigenvalue weighted by Crippen LogP contribution is -2.35. The highest BCUT2D eigenvalue weighted by Gasteiger charge is 2.20. The summed E-state index contributed by atoms with van der Waals surface area (Å²) in [6.07, 6.45) is 2.31. The molecule has 0 fully saturated rings. The van der Waals surface area contributed by atoms with E-state index >= 15 is 0 Å². The molecule has 114 valence electrons. The molecule has 0 aliphatic carbocycles. The van der Waals surface area contributed by atoms with Crippen LogP contribution in [0.3, 0.4) is 0 Å². The van der Waals surface area contributed by atoms with Crippen LogP contribution in [0.15, 0.2) is 18.2 Å². The number of nitrogens with zero attached hydrogens (tertiary/aromatic N) is 1. The van der Waals surface area contributed by atoms with E-state index in [4.69, 9.17) is 0 Å². The molecule has 1 N–H and O–H groups in total. The highest BCUT2D eigenvalue weighted by atomic mass is 19.2. The summed E-state index contributed by atoms with van der Waals surface area (Å²) >= 11 is 0. The molecule has 0 radical (unpaired) electrons. The second-order valence-corrected chi connectivity index (χ2v) is 5.45. The molecular weight excluding hydrogens is 260 g/mol. The Morgan fingerprint density at radius 3 is 2.50 bits per heavy atom. The quantitative estimate of drug-likeness (QED) is 0.732. The van der Waals surface area contributed by atoms with E-state index in [1.54, 1.807) is 0 Å². The average molecular weight is 285 g/mol. The molecule has 0 amide bonds. The molecule has 1 unspecified atom stereocenters. The molecule has 0 saturated heterocycles. The van der Waals surface area contributed by atoms with Gasteiger partial charge in [-0.1, -0.05) is 31.9 Å². The first-order valence-corrected chi connectivity index (χ1v) is 7.33. The average Bonchev–Trinajstić information content (AvgIpc) is 2.40. The van der Waals surface area contributed by atoms with Crippen molar-refractivity contribution in [1.82, 2.24) is 4.90 Å². The van der Waals surface area contributed by atoms with Gasteiger partial charge in [-0.3, -0.25) is 4.90 Å². The van der Waals surface area contributed by atoms with Gasteiger partial charge in [-0.05, 0) is 32.9 Å². The van der Waals surface area contributed by atoms with Crippen molar-refractivity contribution in [2.24, 2.45) is 0 Å². The van der Waals surface area contributed by atoms with E-state index in [-0.39, 0.29) is 11.6 Å². The van der Waals surface area contributed by atoms with Gasteiger partial charge < -0.3 is 5.11 Å². The van der Waals surface area contributed by atoms with Gasteiger partial charge in [-0.25, -0.2) is 8.78 Å². The SMILES string of the molecule is CCCCCN(CC(O)c1cccc(F)c1F)C(C)C. The zero-order chi connectivity index (χ0) is 15.1. The molecule has 1 aromatic rings. The lowest BCUT2D eigenvalue weighted by atomic mass is 10.1. The molecule has 0 aliphatic heterocycles. The maximum atomic E-state index is 13.7. The monoisotopic (exact) mass is 285 g/mol. The Labute approximate surface area is 120 Å². The largest absolute Gasteiger partial charge is 0.387 e. The minimum absolute atomic E-state index is 0.0335. The molecule has 0 saturated carbocycles. The molecule has 0 aliphatic rings. The van der Waals surface area contributed by atoms with Crippen LogP contribution in [0.4, 0.5) is 8.78 Å². The molecule has 4 heteroatoms. The Bertz CT molecular complexity index is 409. The van der Waals surface area contributed by atoms with E-state index in [9.17, 15) is 13.9 Å². The molecule has 0 heterocycles. The fourth-order valence-corrected chi connectivity index (χ4v) is 2.22. The van der Waals surface area contributed by atoms with E-state index < -0.39 is 17.7 Å². The first-order chi connectivity index (χ1) is 9.47. The van der Waals surface area contributed by atoms with Gasteiger partial charge >= 0.3 is 0 Å². The molecule has 1 atom stereocenters. The second kappa shape index (κ2) is 8.32. The summed E-state index contributed by atoms with van der Waals surface area (Å²) in [6.45, 7) is 7.40. The normalized spacial score (nSPS) is 13.2. The Hall–Kier alpha value is -1.00. The van der Waals surface area contributed by atoms with Crippen molar-refractivity contribution in [3.63, 3.8) is 0 Å². The summed E-state index contributed by atoms with van der Waals surface area (Å²) in [5, 5.41) is 10.2. The van der Waals surface area contributed by atoms with Gasteiger partial charge in [0.1, 0.15) is 0 Å². The second-order valence-electron chi connectivity index (χ2n) is 5.45. The predicted molar refractivity (Wildman–Crippen MR) is 77.6 cm³/mol. The molecule has 0 bridgehead atoms. The standard InChI is InChI=1S/C16H25F2NO/c1-4-5-6-10-19(12(2)3)11-15(20)13-8-7-9-14(17)16(13)18/h7-9,12,15,20H,4-6,10-11H2,1-3H3. The number of halogens is 2. The van der Waals surface area contributed by atoms with Gasteiger partial charge in [-0.15, -0.1) is 0 Å². The summed E-state index contributed by atoms with van der Waals surface area (Å²) in [6, 6.07) is 4.19. The number of aliphatic hydroxyl groups is 1. The minimum Gasteiger partial charge on any atom is -0.387 e. The number of hydrogen-bond donors (Lipinski definition) is 1. The van der Waals surface area contributed by atoms with Crippen molar-refractivity contribution in [2.45, 2.75) is 52.2 Å². The van der Waals surface area contributed by atoms with Crippen LogP contribution < -0.4 is 0 Å². The molecular formula is C16H25F2NO. The molecule has 0 aromatic heterocycles. The highest BCUT2D eigenvalue weighted by Crippen LogP contribution is 2.21. The lowest BCUT2D eigenvalue weighted by Gasteiger charge is -2.29. The van der Waals surface area contributed by atoms with Gasteiger partial charge in [0.25, 0.3) is 0 Å². The van der Waals surface area contributed by atoms with Gasteiger partial charge in [0, 0.05) is 18.2 Å². The van der Waals surface area contributed by atoms with Gasteiger partial charge in [0.15, 0.2) is 11.6 Å². The first kappa shape index (κ1) is 17.1. The number of aliphatic hydroxyl groups excluding tert-OH is 1. The van der Waals surface area contributed by atoms with Crippen LogP contribution in [0, 0.1) is 11.6 Å². The van der Waals surface area contributed by atoms with E-state index in [0.717, 1.165) is 31.9 Å². The zero-order valence-electron chi connectivity index (χ0n) is 12.6. The predicted octanol–water partition coefficient (Wildman–Crippen LogP) is 3.90. The third-order valence-electron chi connectivity index (χ3n) is 3.53. The van der Waals surface area contributed by atoms with Crippen LogP contribution in [-0.4, -0.2) is 29.1 Å². The van der Waals surface area contributed by atoms with Crippen molar-refractivity contribution in [1.29, 1.82) is 0 Å². The summed E-state index contributed by atoms with van der Waals surface area (Å²) in [7, 11) is 0. The van der Waals surface area contributed by atoms with Crippen LogP contribution in [-0.2, 0) is 0 Å². The minimum atomic E-state index is -1.00. The smallest absolute Gasteiger partial charge is 0.164 e. The summed E-state index contributed by atoms with van der Waals surface area (Å²) in [5.41, 5.74) is 0.0335. The van der Waals surface area contributed by atoms with Crippen LogP contribution >= 0.6 is 0 Å². The highest BCUT2D eigenvalue weighted by molar-refractivity contribution is 5.21. The number of rotatable bonds is 8. The van der Waals surface area contributed by atoms with Crippen molar-refractivity contribution >= 4 is 0 Å². The van der Waals surface area contributed by atoms with Gasteiger partial charge in [-0.2, -0.15) is 0 Å². The summed E-state index contributed by atoms with van der Waals surface area (Å²) in [5.74, 6) is -1.86. The van der Waals surface area contributed by atoms with Crippen molar-refractivity contribution in [2.75, 3.05) is 13.1 Å². The number of hydrogen-bond acceptors (Lipinski definition) is 2.